The molecule has 2 rings (SSSR count). The van der Waals surface area contributed by atoms with Crippen LogP contribution in [0.1, 0.15) is 36.7 Å². The normalized spacial score (nSPS) is 10.3. The highest BCUT2D eigenvalue weighted by Gasteiger charge is 2.10. The van der Waals surface area contributed by atoms with Crippen molar-refractivity contribution in [3.63, 3.8) is 0 Å². The van der Waals surface area contributed by atoms with Crippen LogP contribution < -0.4 is 15.7 Å². The summed E-state index contributed by atoms with van der Waals surface area (Å²) in [6.07, 6.45) is 3.06. The molecule has 23 heavy (non-hydrogen) atoms. The summed E-state index contributed by atoms with van der Waals surface area (Å²) in [7, 11) is 1.57. The van der Waals surface area contributed by atoms with Crippen LogP contribution in [0, 0.1) is 0 Å². The Labute approximate surface area is 134 Å². The average molecular weight is 315 g/mol. The Bertz CT molecular complexity index is 725. The summed E-state index contributed by atoms with van der Waals surface area (Å²) in [6, 6.07) is 8.77. The summed E-state index contributed by atoms with van der Waals surface area (Å²) < 4.78 is 5.17. The molecule has 1 amide bonds. The first-order chi connectivity index (χ1) is 11.1. The SMILES string of the molecule is CCCCCNC(=O)c1cc(-c2cccc(OC)c2)nc(=O)[nH]1. The minimum atomic E-state index is -0.552. The number of benzene rings is 1. The zero-order valence-corrected chi connectivity index (χ0v) is 13.4. The molecule has 0 fully saturated rings. The van der Waals surface area contributed by atoms with E-state index in [4.69, 9.17) is 4.74 Å². The molecule has 0 spiro atoms. The van der Waals surface area contributed by atoms with Crippen LogP contribution in [-0.2, 0) is 0 Å². The van der Waals surface area contributed by atoms with E-state index >= 15 is 0 Å². The molecule has 6 nitrogen and oxygen atoms in total. The summed E-state index contributed by atoms with van der Waals surface area (Å²) in [4.78, 5) is 30.3. The number of methoxy groups -OCH3 is 1. The maximum Gasteiger partial charge on any atom is 0.346 e. The third-order valence-electron chi connectivity index (χ3n) is 3.42. The van der Waals surface area contributed by atoms with Gasteiger partial charge in [-0.3, -0.25) is 4.79 Å². The van der Waals surface area contributed by atoms with Crippen molar-refractivity contribution in [3.05, 3.63) is 46.5 Å². The lowest BCUT2D eigenvalue weighted by atomic mass is 10.1. The van der Waals surface area contributed by atoms with Crippen LogP contribution in [0.2, 0.25) is 0 Å². The average Bonchev–Trinajstić information content (AvgIpc) is 2.58. The van der Waals surface area contributed by atoms with Crippen molar-refractivity contribution in [3.8, 4) is 17.0 Å². The first kappa shape index (κ1) is 16.7. The standard InChI is InChI=1S/C17H21N3O3/c1-3-4-5-9-18-16(21)15-11-14(19-17(22)20-15)12-7-6-8-13(10-12)23-2/h6-8,10-11H,3-5,9H2,1-2H3,(H,18,21)(H,19,20,22). The van der Waals surface area contributed by atoms with Gasteiger partial charge < -0.3 is 15.0 Å². The molecular formula is C17H21N3O3. The number of ether oxygens (including phenoxy) is 1. The first-order valence-electron chi connectivity index (χ1n) is 7.68. The minimum absolute atomic E-state index is 0.208. The Kier molecular flexibility index (Phi) is 5.91. The van der Waals surface area contributed by atoms with Crippen LogP contribution in [-0.4, -0.2) is 29.5 Å². The van der Waals surface area contributed by atoms with Crippen molar-refractivity contribution in [2.75, 3.05) is 13.7 Å². The highest BCUT2D eigenvalue weighted by atomic mass is 16.5. The molecule has 0 saturated heterocycles. The van der Waals surface area contributed by atoms with E-state index in [-0.39, 0.29) is 11.6 Å². The van der Waals surface area contributed by atoms with Gasteiger partial charge in [0.1, 0.15) is 11.4 Å². The molecule has 0 atom stereocenters. The fourth-order valence-electron chi connectivity index (χ4n) is 2.18. The summed E-state index contributed by atoms with van der Waals surface area (Å²) in [5.41, 5.74) is 0.810. The van der Waals surface area contributed by atoms with Gasteiger partial charge in [0.25, 0.3) is 5.91 Å². The number of carbonyl (C=O) groups is 1. The zero-order valence-electron chi connectivity index (χ0n) is 13.4. The van der Waals surface area contributed by atoms with Crippen molar-refractivity contribution >= 4 is 5.91 Å². The van der Waals surface area contributed by atoms with Gasteiger partial charge in [0.15, 0.2) is 0 Å². The number of nitrogens with zero attached hydrogens (tertiary/aromatic N) is 1. The van der Waals surface area contributed by atoms with Crippen LogP contribution in [0.4, 0.5) is 0 Å². The van der Waals surface area contributed by atoms with E-state index in [1.807, 2.05) is 12.1 Å². The lowest BCUT2D eigenvalue weighted by molar-refractivity contribution is 0.0947. The molecule has 0 bridgehead atoms. The van der Waals surface area contributed by atoms with Crippen molar-refractivity contribution < 1.29 is 9.53 Å². The molecule has 1 aromatic heterocycles. The molecule has 122 valence electrons. The van der Waals surface area contributed by atoms with Crippen molar-refractivity contribution in [2.45, 2.75) is 26.2 Å². The molecule has 2 N–H and O–H groups in total. The molecule has 0 saturated carbocycles. The van der Waals surface area contributed by atoms with E-state index in [0.717, 1.165) is 24.8 Å². The third kappa shape index (κ3) is 4.67. The zero-order chi connectivity index (χ0) is 16.7. The number of H-pyrrole nitrogens is 1. The minimum Gasteiger partial charge on any atom is -0.497 e. The molecule has 2 aromatic rings. The molecule has 0 radical (unpaired) electrons. The summed E-state index contributed by atoms with van der Waals surface area (Å²) in [6.45, 7) is 2.69. The maximum absolute atomic E-state index is 12.1. The second-order valence-corrected chi connectivity index (χ2v) is 5.18. The largest absolute Gasteiger partial charge is 0.497 e. The predicted molar refractivity (Wildman–Crippen MR) is 88.7 cm³/mol. The highest BCUT2D eigenvalue weighted by Crippen LogP contribution is 2.21. The van der Waals surface area contributed by atoms with Crippen LogP contribution in [0.3, 0.4) is 0 Å². The van der Waals surface area contributed by atoms with Gasteiger partial charge in [0.05, 0.1) is 12.8 Å². The molecule has 0 aliphatic rings. The number of rotatable bonds is 7. The number of carbonyl (C=O) groups excluding carboxylic acids is 1. The van der Waals surface area contributed by atoms with E-state index in [1.165, 1.54) is 0 Å². The molecular weight excluding hydrogens is 294 g/mol. The predicted octanol–water partition coefficient (Wildman–Crippen LogP) is 2.37. The smallest absolute Gasteiger partial charge is 0.346 e. The van der Waals surface area contributed by atoms with Gasteiger partial charge in [-0.1, -0.05) is 31.9 Å². The van der Waals surface area contributed by atoms with Gasteiger partial charge >= 0.3 is 5.69 Å². The van der Waals surface area contributed by atoms with Crippen molar-refractivity contribution in [2.24, 2.45) is 0 Å². The lowest BCUT2D eigenvalue weighted by Crippen LogP contribution is -2.28. The second kappa shape index (κ2) is 8.12. The Morgan fingerprint density at radius 1 is 1.30 bits per heavy atom. The molecule has 0 aliphatic heterocycles. The Morgan fingerprint density at radius 3 is 2.87 bits per heavy atom. The Morgan fingerprint density at radius 2 is 2.13 bits per heavy atom. The fourth-order valence-corrected chi connectivity index (χ4v) is 2.18. The van der Waals surface area contributed by atoms with Crippen LogP contribution in [0.5, 0.6) is 5.75 Å². The number of nitrogens with one attached hydrogen (secondary N) is 2. The third-order valence-corrected chi connectivity index (χ3v) is 3.42. The quantitative estimate of drug-likeness (QED) is 0.768. The number of unbranched alkanes of at least 4 members (excludes halogenated alkanes) is 2. The van der Waals surface area contributed by atoms with Gasteiger partial charge in [-0.25, -0.2) is 4.79 Å². The van der Waals surface area contributed by atoms with E-state index in [9.17, 15) is 9.59 Å². The van der Waals surface area contributed by atoms with Gasteiger partial charge in [-0.15, -0.1) is 0 Å². The number of amides is 1. The first-order valence-corrected chi connectivity index (χ1v) is 7.68. The number of hydrogen-bond acceptors (Lipinski definition) is 4. The highest BCUT2D eigenvalue weighted by molar-refractivity contribution is 5.93. The van der Waals surface area contributed by atoms with Crippen LogP contribution in [0.15, 0.2) is 35.1 Å². The van der Waals surface area contributed by atoms with Crippen molar-refractivity contribution in [1.29, 1.82) is 0 Å². The van der Waals surface area contributed by atoms with E-state index < -0.39 is 5.69 Å². The fraction of sp³-hybridized carbons (Fsp3) is 0.353. The molecule has 0 unspecified atom stereocenters. The van der Waals surface area contributed by atoms with Crippen molar-refractivity contribution in [1.82, 2.24) is 15.3 Å². The number of aromatic nitrogens is 2. The van der Waals surface area contributed by atoms with Gasteiger partial charge in [-0.2, -0.15) is 4.98 Å². The number of aromatic amines is 1. The van der Waals surface area contributed by atoms with E-state index in [0.29, 0.717) is 18.0 Å². The van der Waals surface area contributed by atoms with E-state index in [1.54, 1.807) is 25.3 Å². The Hall–Kier alpha value is -2.63. The molecule has 0 aliphatic carbocycles. The lowest BCUT2D eigenvalue weighted by Gasteiger charge is -2.07. The van der Waals surface area contributed by atoms with E-state index in [2.05, 4.69) is 22.2 Å². The van der Waals surface area contributed by atoms with Gasteiger partial charge in [0.2, 0.25) is 0 Å². The molecule has 6 heteroatoms. The topological polar surface area (TPSA) is 84.1 Å². The Balaban J connectivity index is 2.21. The summed E-state index contributed by atoms with van der Waals surface area (Å²) in [5.74, 6) is 0.361. The second-order valence-electron chi connectivity index (χ2n) is 5.18. The number of hydrogen-bond donors (Lipinski definition) is 2. The summed E-state index contributed by atoms with van der Waals surface area (Å²) >= 11 is 0. The van der Waals surface area contributed by atoms with Crippen LogP contribution in [0.25, 0.3) is 11.3 Å². The summed E-state index contributed by atoms with van der Waals surface area (Å²) in [5, 5.41) is 2.80. The van der Waals surface area contributed by atoms with Gasteiger partial charge in [-0.05, 0) is 24.6 Å². The molecule has 1 heterocycles. The van der Waals surface area contributed by atoms with Crippen LogP contribution >= 0.6 is 0 Å². The monoisotopic (exact) mass is 315 g/mol. The molecule has 1 aromatic carbocycles. The maximum atomic E-state index is 12.1. The van der Waals surface area contributed by atoms with Gasteiger partial charge in [0, 0.05) is 12.1 Å².